The molecule has 0 unspecified atom stereocenters. The second-order valence-corrected chi connectivity index (χ2v) is 5.40. The molecule has 21 heavy (non-hydrogen) atoms. The van der Waals surface area contributed by atoms with Crippen molar-refractivity contribution >= 4 is 39.4 Å². The maximum atomic E-state index is 12.0. The summed E-state index contributed by atoms with van der Waals surface area (Å²) < 4.78 is 1.77. The zero-order chi connectivity index (χ0) is 15.4. The molecule has 0 spiro atoms. The van der Waals surface area contributed by atoms with Gasteiger partial charge in [-0.2, -0.15) is 0 Å². The van der Waals surface area contributed by atoms with E-state index < -0.39 is 5.97 Å². The number of hydrogen-bond acceptors (Lipinski definition) is 4. The van der Waals surface area contributed by atoms with Crippen molar-refractivity contribution in [2.45, 2.75) is 13.1 Å². The zero-order valence-electron chi connectivity index (χ0n) is 10.6. The van der Waals surface area contributed by atoms with Gasteiger partial charge in [0.05, 0.1) is 18.3 Å². The molecule has 110 valence electrons. The largest absolute Gasteiger partial charge is 0.480 e. The first-order chi connectivity index (χ1) is 9.95. The minimum absolute atomic E-state index is 0.146. The number of amides is 1. The standard InChI is InChI=1S/C12H10BrClN4O3/c13-10-3-7(14)1-2-9(10)12(21)15-4-8-5-18(17-16-8)6-11(19)20/h1-3,5H,4,6H2,(H,15,21)(H,19,20). The van der Waals surface area contributed by atoms with Crippen LogP contribution in [0.2, 0.25) is 5.02 Å². The Balaban J connectivity index is 1.97. The van der Waals surface area contributed by atoms with Gasteiger partial charge in [-0.05, 0) is 34.1 Å². The molecule has 1 heterocycles. The second kappa shape index (κ2) is 6.68. The number of halogens is 2. The Bertz CT molecular complexity index is 689. The Morgan fingerprint density at radius 3 is 2.86 bits per heavy atom. The Labute approximate surface area is 133 Å². The Morgan fingerprint density at radius 1 is 1.43 bits per heavy atom. The minimum Gasteiger partial charge on any atom is -0.480 e. The van der Waals surface area contributed by atoms with Crippen molar-refractivity contribution in [3.63, 3.8) is 0 Å². The molecule has 1 aromatic carbocycles. The van der Waals surface area contributed by atoms with Gasteiger partial charge >= 0.3 is 5.97 Å². The number of nitrogens with one attached hydrogen (secondary N) is 1. The number of carboxylic acids is 1. The molecule has 2 aromatic rings. The van der Waals surface area contributed by atoms with Gasteiger partial charge in [-0.25, -0.2) is 4.68 Å². The quantitative estimate of drug-likeness (QED) is 0.831. The van der Waals surface area contributed by atoms with Gasteiger partial charge in [0.15, 0.2) is 0 Å². The topological polar surface area (TPSA) is 97.1 Å². The average Bonchev–Trinajstić information content (AvgIpc) is 2.82. The summed E-state index contributed by atoms with van der Waals surface area (Å²) in [6, 6.07) is 4.84. The van der Waals surface area contributed by atoms with E-state index in [9.17, 15) is 9.59 Å². The van der Waals surface area contributed by atoms with Crippen LogP contribution in [0.1, 0.15) is 16.1 Å². The highest BCUT2D eigenvalue weighted by atomic mass is 79.9. The number of rotatable bonds is 5. The third-order valence-corrected chi connectivity index (χ3v) is 3.38. The lowest BCUT2D eigenvalue weighted by molar-refractivity contribution is -0.137. The molecule has 0 fully saturated rings. The van der Waals surface area contributed by atoms with Crippen LogP contribution in [0.5, 0.6) is 0 Å². The number of nitrogens with zero attached hydrogens (tertiary/aromatic N) is 3. The molecule has 0 aliphatic heterocycles. The lowest BCUT2D eigenvalue weighted by atomic mass is 10.2. The molecule has 2 N–H and O–H groups in total. The summed E-state index contributed by atoms with van der Waals surface area (Å²) in [6.07, 6.45) is 1.46. The van der Waals surface area contributed by atoms with Gasteiger partial charge in [-0.1, -0.05) is 16.8 Å². The van der Waals surface area contributed by atoms with E-state index in [1.807, 2.05) is 0 Å². The number of hydrogen-bond donors (Lipinski definition) is 2. The van der Waals surface area contributed by atoms with Crippen LogP contribution in [-0.2, 0) is 17.9 Å². The molecule has 0 aliphatic carbocycles. The Kier molecular flexibility index (Phi) is 4.92. The molecule has 0 atom stereocenters. The number of aromatic nitrogens is 3. The highest BCUT2D eigenvalue weighted by Gasteiger charge is 2.11. The van der Waals surface area contributed by atoms with E-state index in [-0.39, 0.29) is 19.0 Å². The van der Waals surface area contributed by atoms with E-state index >= 15 is 0 Å². The molecule has 2 rings (SSSR count). The van der Waals surface area contributed by atoms with Crippen molar-refractivity contribution < 1.29 is 14.7 Å². The number of benzene rings is 1. The molecule has 0 aliphatic rings. The second-order valence-electron chi connectivity index (χ2n) is 4.11. The predicted octanol–water partition coefficient (Wildman–Crippen LogP) is 1.71. The summed E-state index contributed by atoms with van der Waals surface area (Å²) in [5.74, 6) is -1.31. The summed E-state index contributed by atoms with van der Waals surface area (Å²) in [5, 5.41) is 19.2. The molecular formula is C12H10BrClN4O3. The molecule has 0 saturated heterocycles. The molecule has 9 heteroatoms. The van der Waals surface area contributed by atoms with Gasteiger partial charge in [0, 0.05) is 9.50 Å². The molecule has 1 amide bonds. The van der Waals surface area contributed by atoms with Crippen LogP contribution in [0.25, 0.3) is 0 Å². The first kappa shape index (κ1) is 15.5. The van der Waals surface area contributed by atoms with E-state index in [4.69, 9.17) is 16.7 Å². The fourth-order valence-corrected chi connectivity index (χ4v) is 2.44. The van der Waals surface area contributed by atoms with Gasteiger partial charge < -0.3 is 10.4 Å². The van der Waals surface area contributed by atoms with Gasteiger partial charge in [-0.3, -0.25) is 9.59 Å². The van der Waals surface area contributed by atoms with Gasteiger partial charge in [0.25, 0.3) is 5.91 Å². The van der Waals surface area contributed by atoms with Crippen LogP contribution in [0.4, 0.5) is 0 Å². The van der Waals surface area contributed by atoms with Gasteiger partial charge in [0.1, 0.15) is 12.2 Å². The van der Waals surface area contributed by atoms with E-state index in [0.717, 1.165) is 0 Å². The highest BCUT2D eigenvalue weighted by Crippen LogP contribution is 2.21. The lowest BCUT2D eigenvalue weighted by Crippen LogP contribution is -2.23. The normalized spacial score (nSPS) is 10.4. The maximum Gasteiger partial charge on any atom is 0.325 e. The van der Waals surface area contributed by atoms with Crippen molar-refractivity contribution in [1.29, 1.82) is 0 Å². The molecular weight excluding hydrogens is 364 g/mol. The number of carbonyl (C=O) groups is 2. The van der Waals surface area contributed by atoms with E-state index in [1.165, 1.54) is 10.9 Å². The predicted molar refractivity (Wildman–Crippen MR) is 78.0 cm³/mol. The summed E-state index contributed by atoms with van der Waals surface area (Å²) in [4.78, 5) is 22.5. The Morgan fingerprint density at radius 2 is 2.19 bits per heavy atom. The van der Waals surface area contributed by atoms with Gasteiger partial charge in [0.2, 0.25) is 0 Å². The van der Waals surface area contributed by atoms with Crippen molar-refractivity contribution in [3.8, 4) is 0 Å². The lowest BCUT2D eigenvalue weighted by Gasteiger charge is -2.05. The number of aliphatic carboxylic acids is 1. The third-order valence-electron chi connectivity index (χ3n) is 2.49. The first-order valence-corrected chi connectivity index (χ1v) is 6.97. The van der Waals surface area contributed by atoms with Crippen LogP contribution in [0, 0.1) is 0 Å². The van der Waals surface area contributed by atoms with Crippen LogP contribution < -0.4 is 5.32 Å². The fourth-order valence-electron chi connectivity index (χ4n) is 1.58. The Hall–Kier alpha value is -1.93. The number of carboxylic acid groups (broad SMARTS) is 1. The number of carbonyl (C=O) groups excluding carboxylic acids is 1. The van der Waals surface area contributed by atoms with Crippen molar-refractivity contribution in [3.05, 3.63) is 45.1 Å². The molecule has 1 aromatic heterocycles. The fraction of sp³-hybridized carbons (Fsp3) is 0.167. The smallest absolute Gasteiger partial charge is 0.325 e. The summed E-state index contributed by atoms with van der Waals surface area (Å²) >= 11 is 9.07. The molecule has 7 nitrogen and oxygen atoms in total. The van der Waals surface area contributed by atoms with Crippen LogP contribution in [0.3, 0.4) is 0 Å². The van der Waals surface area contributed by atoms with Crippen LogP contribution in [0.15, 0.2) is 28.9 Å². The minimum atomic E-state index is -1.01. The van der Waals surface area contributed by atoms with E-state index in [2.05, 4.69) is 31.6 Å². The van der Waals surface area contributed by atoms with E-state index in [1.54, 1.807) is 18.2 Å². The van der Waals surface area contributed by atoms with Crippen molar-refractivity contribution in [2.24, 2.45) is 0 Å². The van der Waals surface area contributed by atoms with Crippen molar-refractivity contribution in [2.75, 3.05) is 0 Å². The molecule has 0 bridgehead atoms. The first-order valence-electron chi connectivity index (χ1n) is 5.80. The maximum absolute atomic E-state index is 12.0. The van der Waals surface area contributed by atoms with Crippen LogP contribution in [-0.4, -0.2) is 32.0 Å². The molecule has 0 saturated carbocycles. The van der Waals surface area contributed by atoms with Crippen molar-refractivity contribution in [1.82, 2.24) is 20.3 Å². The third kappa shape index (κ3) is 4.27. The molecule has 0 radical (unpaired) electrons. The SMILES string of the molecule is O=C(O)Cn1cc(CNC(=O)c2ccc(Cl)cc2Br)nn1. The highest BCUT2D eigenvalue weighted by molar-refractivity contribution is 9.10. The van der Waals surface area contributed by atoms with E-state index in [0.29, 0.717) is 20.8 Å². The summed E-state index contributed by atoms with van der Waals surface area (Å²) in [5.41, 5.74) is 0.909. The van der Waals surface area contributed by atoms with Crippen LogP contribution >= 0.6 is 27.5 Å². The van der Waals surface area contributed by atoms with Gasteiger partial charge in [-0.15, -0.1) is 5.10 Å². The average molecular weight is 374 g/mol. The summed E-state index contributed by atoms with van der Waals surface area (Å²) in [6.45, 7) is -0.128. The monoisotopic (exact) mass is 372 g/mol. The summed E-state index contributed by atoms with van der Waals surface area (Å²) in [7, 11) is 0. The zero-order valence-corrected chi connectivity index (χ0v) is 12.9.